The second kappa shape index (κ2) is 15.7. The van der Waals surface area contributed by atoms with Crippen LogP contribution in [0.4, 0.5) is 5.69 Å². The third-order valence-corrected chi connectivity index (χ3v) is 7.05. The number of hydrogen-bond acceptors (Lipinski definition) is 6. The number of carbonyl (C=O) groups is 1. The molecule has 3 aromatic rings. The standard InChI is InChI=1S/C27H34N6O5S.ClH/c1-20-8-6-12-23(18-20)39(36,37)32-24-14-13-21(2)33(26(24)35)19-25(34)29-16-17-38-31-27(28)30-15-7-11-22-9-4-3-5-10-22;/h3-6,8-10,12-14,18,32H,7,11,15-17,19H2,1-2H3,(H,29,34)(H3,28,30,31);1H. The molecule has 13 heteroatoms. The molecule has 3 rings (SSSR count). The minimum Gasteiger partial charge on any atom is -0.368 e. The number of rotatable bonds is 13. The molecule has 40 heavy (non-hydrogen) atoms. The molecule has 1 aromatic heterocycles. The molecule has 0 aliphatic carbocycles. The average molecular weight is 591 g/mol. The SMILES string of the molecule is Cc1cccc(S(=O)(=O)Nc2ccc(C)n(CC(=O)NCCONC(N)=NCCCc3ccccc3)c2=O)c1.Cl. The van der Waals surface area contributed by atoms with Crippen molar-refractivity contribution in [3.8, 4) is 0 Å². The van der Waals surface area contributed by atoms with Crippen LogP contribution >= 0.6 is 12.4 Å². The van der Waals surface area contributed by atoms with Crippen molar-refractivity contribution in [1.29, 1.82) is 0 Å². The van der Waals surface area contributed by atoms with E-state index in [0.717, 1.165) is 18.4 Å². The lowest BCUT2D eigenvalue weighted by atomic mass is 10.1. The van der Waals surface area contributed by atoms with E-state index in [2.05, 4.69) is 32.6 Å². The highest BCUT2D eigenvalue weighted by Crippen LogP contribution is 2.15. The molecule has 0 saturated carbocycles. The predicted molar refractivity (Wildman–Crippen MR) is 158 cm³/mol. The predicted octanol–water partition coefficient (Wildman–Crippen LogP) is 2.27. The number of aromatic nitrogens is 1. The second-order valence-corrected chi connectivity index (χ2v) is 10.5. The lowest BCUT2D eigenvalue weighted by Crippen LogP contribution is -2.38. The molecule has 216 valence electrons. The maximum atomic E-state index is 12.9. The molecule has 0 bridgehead atoms. The number of sulfonamides is 1. The number of carbonyl (C=O) groups excluding carboxylic acids is 1. The average Bonchev–Trinajstić information content (AvgIpc) is 2.91. The summed E-state index contributed by atoms with van der Waals surface area (Å²) in [5.41, 5.74) is 10.0. The van der Waals surface area contributed by atoms with Crippen LogP contribution in [0.5, 0.6) is 0 Å². The molecule has 0 radical (unpaired) electrons. The molecule has 0 fully saturated rings. The van der Waals surface area contributed by atoms with Gasteiger partial charge in [-0.3, -0.25) is 24.1 Å². The van der Waals surface area contributed by atoms with Gasteiger partial charge in [-0.15, -0.1) is 12.4 Å². The quantitative estimate of drug-likeness (QED) is 0.103. The Morgan fingerprint density at radius 1 is 1.05 bits per heavy atom. The maximum absolute atomic E-state index is 12.9. The van der Waals surface area contributed by atoms with Gasteiger partial charge in [-0.05, 0) is 62.1 Å². The van der Waals surface area contributed by atoms with Crippen LogP contribution < -0.4 is 26.8 Å². The number of nitrogens with zero attached hydrogens (tertiary/aromatic N) is 2. The van der Waals surface area contributed by atoms with Gasteiger partial charge in [-0.2, -0.15) is 0 Å². The number of amides is 1. The topological polar surface area (TPSA) is 157 Å². The third-order valence-electron chi connectivity index (χ3n) is 5.69. The minimum absolute atomic E-state index is 0. The molecule has 11 nitrogen and oxygen atoms in total. The van der Waals surface area contributed by atoms with Crippen LogP contribution in [-0.4, -0.2) is 44.5 Å². The smallest absolute Gasteiger partial charge is 0.275 e. The number of aliphatic imine (C=N–C) groups is 1. The normalized spacial score (nSPS) is 11.4. The van der Waals surface area contributed by atoms with E-state index >= 15 is 0 Å². The van der Waals surface area contributed by atoms with Gasteiger partial charge in [-0.25, -0.2) is 13.9 Å². The summed E-state index contributed by atoms with van der Waals surface area (Å²) < 4.78 is 29.0. The zero-order chi connectivity index (χ0) is 28.3. The largest absolute Gasteiger partial charge is 0.368 e. The molecule has 0 aliphatic heterocycles. The second-order valence-electron chi connectivity index (χ2n) is 8.86. The Morgan fingerprint density at radius 2 is 1.80 bits per heavy atom. The van der Waals surface area contributed by atoms with Crippen molar-refractivity contribution in [2.24, 2.45) is 10.7 Å². The number of anilines is 1. The van der Waals surface area contributed by atoms with Crippen molar-refractivity contribution < 1.29 is 18.0 Å². The molecule has 0 aliphatic rings. The van der Waals surface area contributed by atoms with Gasteiger partial charge in [0, 0.05) is 18.8 Å². The van der Waals surface area contributed by atoms with E-state index < -0.39 is 21.5 Å². The Hall–Kier alpha value is -3.87. The van der Waals surface area contributed by atoms with Gasteiger partial charge in [0.05, 0.1) is 11.5 Å². The molecular weight excluding hydrogens is 556 g/mol. The summed E-state index contributed by atoms with van der Waals surface area (Å²) in [5.74, 6) is -0.300. The first kappa shape index (κ1) is 32.3. The molecule has 1 heterocycles. The van der Waals surface area contributed by atoms with Crippen molar-refractivity contribution in [2.45, 2.75) is 38.1 Å². The fourth-order valence-corrected chi connectivity index (χ4v) is 4.82. The summed E-state index contributed by atoms with van der Waals surface area (Å²) >= 11 is 0. The number of benzene rings is 2. The molecule has 0 atom stereocenters. The molecule has 2 aromatic carbocycles. The van der Waals surface area contributed by atoms with Crippen molar-refractivity contribution in [1.82, 2.24) is 15.4 Å². The van der Waals surface area contributed by atoms with E-state index in [1.807, 2.05) is 18.2 Å². The van der Waals surface area contributed by atoms with Gasteiger partial charge in [-0.1, -0.05) is 42.5 Å². The van der Waals surface area contributed by atoms with E-state index in [1.54, 1.807) is 32.0 Å². The van der Waals surface area contributed by atoms with E-state index in [9.17, 15) is 18.0 Å². The van der Waals surface area contributed by atoms with Gasteiger partial charge < -0.3 is 15.6 Å². The lowest BCUT2D eigenvalue weighted by molar-refractivity contribution is -0.122. The summed E-state index contributed by atoms with van der Waals surface area (Å²) in [6, 6.07) is 19.4. The minimum atomic E-state index is -3.97. The number of nitrogens with two attached hydrogens (primary N) is 1. The van der Waals surface area contributed by atoms with Crippen LogP contribution in [0, 0.1) is 13.8 Å². The van der Waals surface area contributed by atoms with Gasteiger partial charge in [0.25, 0.3) is 15.6 Å². The fourth-order valence-electron chi connectivity index (χ4n) is 3.66. The Balaban J connectivity index is 0.00000560. The first-order chi connectivity index (χ1) is 18.7. The van der Waals surface area contributed by atoms with E-state index in [-0.39, 0.29) is 48.6 Å². The van der Waals surface area contributed by atoms with Gasteiger partial charge in [0.2, 0.25) is 11.9 Å². The van der Waals surface area contributed by atoms with Crippen LogP contribution in [0.3, 0.4) is 0 Å². The number of halogens is 1. The summed E-state index contributed by atoms with van der Waals surface area (Å²) in [6.45, 7) is 3.94. The van der Waals surface area contributed by atoms with Gasteiger partial charge in [0.15, 0.2) is 0 Å². The highest BCUT2D eigenvalue weighted by atomic mass is 35.5. The summed E-state index contributed by atoms with van der Waals surface area (Å²) in [6.07, 6.45) is 1.74. The Bertz CT molecular complexity index is 1460. The summed E-state index contributed by atoms with van der Waals surface area (Å²) in [4.78, 5) is 34.8. The molecule has 0 unspecified atom stereocenters. The number of hydrogen-bond donors (Lipinski definition) is 4. The maximum Gasteiger partial charge on any atom is 0.275 e. The zero-order valence-corrected chi connectivity index (χ0v) is 24.1. The number of nitrogens with one attached hydrogen (secondary N) is 3. The van der Waals surface area contributed by atoms with Crippen molar-refractivity contribution in [3.05, 3.63) is 93.9 Å². The van der Waals surface area contributed by atoms with Crippen LogP contribution in [-0.2, 0) is 32.6 Å². The summed E-state index contributed by atoms with van der Waals surface area (Å²) in [7, 11) is -3.97. The van der Waals surface area contributed by atoms with Crippen molar-refractivity contribution in [3.63, 3.8) is 0 Å². The van der Waals surface area contributed by atoms with E-state index in [1.165, 1.54) is 28.3 Å². The number of pyridine rings is 1. The lowest BCUT2D eigenvalue weighted by Gasteiger charge is -2.14. The van der Waals surface area contributed by atoms with Crippen molar-refractivity contribution in [2.75, 3.05) is 24.4 Å². The molecular formula is C27H35ClN6O5S. The number of guanidine groups is 1. The number of aryl methyl sites for hydroxylation is 3. The Labute approximate surface area is 240 Å². The zero-order valence-electron chi connectivity index (χ0n) is 22.4. The molecule has 0 saturated heterocycles. The number of hydroxylamine groups is 1. The van der Waals surface area contributed by atoms with Crippen LogP contribution in [0.2, 0.25) is 0 Å². The van der Waals surface area contributed by atoms with Crippen LogP contribution in [0.1, 0.15) is 23.2 Å². The highest BCUT2D eigenvalue weighted by molar-refractivity contribution is 7.92. The molecule has 1 amide bonds. The summed E-state index contributed by atoms with van der Waals surface area (Å²) in [5, 5.41) is 2.65. The Morgan fingerprint density at radius 3 is 2.52 bits per heavy atom. The van der Waals surface area contributed by atoms with E-state index in [0.29, 0.717) is 12.2 Å². The Kier molecular flexibility index (Phi) is 12.7. The van der Waals surface area contributed by atoms with Crippen LogP contribution in [0.25, 0.3) is 0 Å². The van der Waals surface area contributed by atoms with Gasteiger partial charge in [0.1, 0.15) is 12.2 Å². The highest BCUT2D eigenvalue weighted by Gasteiger charge is 2.18. The first-order valence-electron chi connectivity index (χ1n) is 12.4. The molecule has 5 N–H and O–H groups in total. The monoisotopic (exact) mass is 590 g/mol. The first-order valence-corrected chi connectivity index (χ1v) is 13.9. The van der Waals surface area contributed by atoms with Crippen LogP contribution in [0.15, 0.2) is 81.4 Å². The van der Waals surface area contributed by atoms with Gasteiger partial charge >= 0.3 is 0 Å². The molecule has 0 spiro atoms. The van der Waals surface area contributed by atoms with E-state index in [4.69, 9.17) is 10.6 Å². The third kappa shape index (κ3) is 10.0. The van der Waals surface area contributed by atoms with Crippen molar-refractivity contribution >= 4 is 40.0 Å². The fraction of sp³-hybridized carbons (Fsp3) is 0.296.